The van der Waals surface area contributed by atoms with Gasteiger partial charge < -0.3 is 10.3 Å². The molecule has 0 aliphatic heterocycles. The first-order valence-electron chi connectivity index (χ1n) is 11.4. The Hall–Kier alpha value is -3.31. The number of carbonyl (C=O) groups is 1. The highest BCUT2D eigenvalue weighted by atomic mass is 32.2. The molecule has 1 aromatic heterocycles. The molecule has 4 rings (SSSR count). The van der Waals surface area contributed by atoms with E-state index in [0.29, 0.717) is 6.42 Å². The van der Waals surface area contributed by atoms with E-state index in [9.17, 15) is 4.79 Å². The van der Waals surface area contributed by atoms with E-state index in [1.54, 1.807) is 0 Å². The maximum atomic E-state index is 13.2. The Bertz CT molecular complexity index is 1160. The SMILES string of the molecule is CCc1cccc(C)c1NC(=O)C(CC)Sc1nc(-c2ccccc2)c(-c2ccccc2)[nH]1. The number of aromatic nitrogens is 2. The lowest BCUT2D eigenvalue weighted by atomic mass is 10.1. The molecule has 1 amide bonds. The van der Waals surface area contributed by atoms with Gasteiger partial charge in [0.2, 0.25) is 5.91 Å². The van der Waals surface area contributed by atoms with Gasteiger partial charge in [-0.15, -0.1) is 0 Å². The van der Waals surface area contributed by atoms with E-state index in [1.807, 2.05) is 62.4 Å². The van der Waals surface area contributed by atoms with Crippen LogP contribution < -0.4 is 5.32 Å². The van der Waals surface area contributed by atoms with Crippen LogP contribution in [0.3, 0.4) is 0 Å². The molecule has 3 aromatic carbocycles. The molecular formula is C28H29N3OS. The first-order chi connectivity index (χ1) is 16.1. The van der Waals surface area contributed by atoms with E-state index in [1.165, 1.54) is 11.8 Å². The van der Waals surface area contributed by atoms with Crippen LogP contribution in [-0.4, -0.2) is 21.1 Å². The van der Waals surface area contributed by atoms with Gasteiger partial charge in [-0.3, -0.25) is 4.79 Å². The van der Waals surface area contributed by atoms with Gasteiger partial charge >= 0.3 is 0 Å². The Balaban J connectivity index is 1.62. The molecule has 0 saturated carbocycles. The fourth-order valence-electron chi connectivity index (χ4n) is 3.89. The van der Waals surface area contributed by atoms with Gasteiger partial charge in [-0.1, -0.05) is 104 Å². The third kappa shape index (κ3) is 5.20. The van der Waals surface area contributed by atoms with Crippen molar-refractivity contribution in [2.45, 2.75) is 44.0 Å². The van der Waals surface area contributed by atoms with Gasteiger partial charge in [0, 0.05) is 16.8 Å². The molecular weight excluding hydrogens is 426 g/mol. The van der Waals surface area contributed by atoms with Crippen molar-refractivity contribution < 1.29 is 4.79 Å². The topological polar surface area (TPSA) is 57.8 Å². The third-order valence-corrected chi connectivity index (χ3v) is 6.95. The van der Waals surface area contributed by atoms with Gasteiger partial charge in [-0.05, 0) is 30.9 Å². The maximum absolute atomic E-state index is 13.2. The average Bonchev–Trinajstić information content (AvgIpc) is 3.28. The molecule has 0 saturated heterocycles. The molecule has 1 heterocycles. The van der Waals surface area contributed by atoms with Gasteiger partial charge in [-0.2, -0.15) is 0 Å². The molecule has 4 aromatic rings. The number of anilines is 1. The summed E-state index contributed by atoms with van der Waals surface area (Å²) >= 11 is 1.48. The van der Waals surface area contributed by atoms with E-state index in [4.69, 9.17) is 4.98 Å². The Morgan fingerprint density at radius 2 is 1.61 bits per heavy atom. The largest absolute Gasteiger partial charge is 0.332 e. The Morgan fingerprint density at radius 1 is 0.939 bits per heavy atom. The number of nitrogens with one attached hydrogen (secondary N) is 2. The van der Waals surface area contributed by atoms with Crippen molar-refractivity contribution in [3.8, 4) is 22.5 Å². The summed E-state index contributed by atoms with van der Waals surface area (Å²) in [5, 5.41) is 3.67. The quantitative estimate of drug-likeness (QED) is 0.278. The van der Waals surface area contributed by atoms with E-state index >= 15 is 0 Å². The number of aryl methyl sites for hydroxylation is 2. The number of amides is 1. The van der Waals surface area contributed by atoms with E-state index in [0.717, 1.165) is 50.9 Å². The van der Waals surface area contributed by atoms with Crippen LogP contribution in [0.5, 0.6) is 0 Å². The highest BCUT2D eigenvalue weighted by Gasteiger charge is 2.23. The van der Waals surface area contributed by atoms with Crippen LogP contribution in [-0.2, 0) is 11.2 Å². The number of thioether (sulfide) groups is 1. The molecule has 4 nitrogen and oxygen atoms in total. The van der Waals surface area contributed by atoms with Crippen LogP contribution in [0.25, 0.3) is 22.5 Å². The normalized spacial score (nSPS) is 11.8. The van der Waals surface area contributed by atoms with Gasteiger partial charge in [-0.25, -0.2) is 4.98 Å². The van der Waals surface area contributed by atoms with Crippen molar-refractivity contribution in [2.24, 2.45) is 0 Å². The first kappa shape index (κ1) is 22.9. The summed E-state index contributed by atoms with van der Waals surface area (Å²) in [6.45, 7) is 6.18. The standard InChI is InChI=1S/C28H29N3OS/c1-4-20-18-12-13-19(3)24(20)29-27(32)23(5-2)33-28-30-25(21-14-8-6-9-15-21)26(31-28)22-16-10-7-11-17-22/h6-18,23H,4-5H2,1-3H3,(H,29,32)(H,30,31). The van der Waals surface area contributed by atoms with Crippen molar-refractivity contribution in [1.82, 2.24) is 9.97 Å². The number of H-pyrrole nitrogens is 1. The zero-order valence-electron chi connectivity index (χ0n) is 19.3. The van der Waals surface area contributed by atoms with E-state index in [-0.39, 0.29) is 11.2 Å². The Labute approximate surface area is 199 Å². The van der Waals surface area contributed by atoms with Crippen molar-refractivity contribution in [1.29, 1.82) is 0 Å². The molecule has 2 N–H and O–H groups in total. The van der Waals surface area contributed by atoms with Crippen LogP contribution in [0.1, 0.15) is 31.4 Å². The first-order valence-corrected chi connectivity index (χ1v) is 12.3. The van der Waals surface area contributed by atoms with Gasteiger partial charge in [0.1, 0.15) is 0 Å². The Morgan fingerprint density at radius 3 is 2.24 bits per heavy atom. The van der Waals surface area contributed by atoms with Crippen molar-refractivity contribution >= 4 is 23.4 Å². The number of nitrogens with zero attached hydrogens (tertiary/aromatic N) is 1. The predicted octanol–water partition coefficient (Wildman–Crippen LogP) is 7.12. The molecule has 0 spiro atoms. The van der Waals surface area contributed by atoms with Crippen LogP contribution in [0.4, 0.5) is 5.69 Å². The molecule has 1 atom stereocenters. The van der Waals surface area contributed by atoms with Gasteiger partial charge in [0.15, 0.2) is 5.16 Å². The molecule has 5 heteroatoms. The van der Waals surface area contributed by atoms with E-state index in [2.05, 4.69) is 47.6 Å². The number of para-hydroxylation sites is 1. The molecule has 0 bridgehead atoms. The molecule has 0 fully saturated rings. The van der Waals surface area contributed by atoms with Crippen LogP contribution >= 0.6 is 11.8 Å². The molecule has 33 heavy (non-hydrogen) atoms. The lowest BCUT2D eigenvalue weighted by Gasteiger charge is -2.17. The lowest BCUT2D eigenvalue weighted by molar-refractivity contribution is -0.115. The number of rotatable bonds is 8. The molecule has 168 valence electrons. The highest BCUT2D eigenvalue weighted by molar-refractivity contribution is 8.00. The summed E-state index contributed by atoms with van der Waals surface area (Å²) in [5.41, 5.74) is 7.14. The summed E-state index contributed by atoms with van der Waals surface area (Å²) in [4.78, 5) is 21.6. The molecule has 0 radical (unpaired) electrons. The van der Waals surface area contributed by atoms with Crippen molar-refractivity contribution in [3.63, 3.8) is 0 Å². The molecule has 0 aliphatic rings. The maximum Gasteiger partial charge on any atom is 0.237 e. The predicted molar refractivity (Wildman–Crippen MR) is 139 cm³/mol. The second-order valence-electron chi connectivity index (χ2n) is 7.96. The summed E-state index contributed by atoms with van der Waals surface area (Å²) in [6.07, 6.45) is 1.58. The summed E-state index contributed by atoms with van der Waals surface area (Å²) in [5.74, 6) is 0.00502. The van der Waals surface area contributed by atoms with Gasteiger partial charge in [0.05, 0.1) is 16.6 Å². The average molecular weight is 456 g/mol. The van der Waals surface area contributed by atoms with Crippen LogP contribution in [0.15, 0.2) is 84.0 Å². The second-order valence-corrected chi connectivity index (χ2v) is 9.16. The number of hydrogen-bond donors (Lipinski definition) is 2. The number of benzene rings is 3. The smallest absolute Gasteiger partial charge is 0.237 e. The third-order valence-electron chi connectivity index (χ3n) is 5.70. The zero-order valence-corrected chi connectivity index (χ0v) is 20.1. The summed E-state index contributed by atoms with van der Waals surface area (Å²) in [6, 6.07) is 26.5. The lowest BCUT2D eigenvalue weighted by Crippen LogP contribution is -2.25. The van der Waals surface area contributed by atoms with Crippen molar-refractivity contribution in [3.05, 3.63) is 90.0 Å². The van der Waals surface area contributed by atoms with Crippen LogP contribution in [0, 0.1) is 6.92 Å². The minimum atomic E-state index is -0.257. The molecule has 0 aliphatic carbocycles. The van der Waals surface area contributed by atoms with E-state index < -0.39 is 0 Å². The number of aromatic amines is 1. The number of carbonyl (C=O) groups excluding carboxylic acids is 1. The Kier molecular flexibility index (Phi) is 7.30. The monoisotopic (exact) mass is 455 g/mol. The number of hydrogen-bond acceptors (Lipinski definition) is 3. The second kappa shape index (κ2) is 10.5. The molecule has 1 unspecified atom stereocenters. The minimum Gasteiger partial charge on any atom is -0.332 e. The fraction of sp³-hybridized carbons (Fsp3) is 0.214. The van der Waals surface area contributed by atoms with Gasteiger partial charge in [0.25, 0.3) is 0 Å². The highest BCUT2D eigenvalue weighted by Crippen LogP contribution is 2.34. The zero-order chi connectivity index (χ0) is 23.2. The summed E-state index contributed by atoms with van der Waals surface area (Å²) in [7, 11) is 0. The van der Waals surface area contributed by atoms with Crippen molar-refractivity contribution in [2.75, 3.05) is 5.32 Å². The summed E-state index contributed by atoms with van der Waals surface area (Å²) < 4.78 is 0. The van der Waals surface area contributed by atoms with Crippen LogP contribution in [0.2, 0.25) is 0 Å². The minimum absolute atomic E-state index is 0.00502. The number of imidazole rings is 1. The fourth-order valence-corrected chi connectivity index (χ4v) is 4.80.